The summed E-state index contributed by atoms with van der Waals surface area (Å²) >= 11 is 0. The summed E-state index contributed by atoms with van der Waals surface area (Å²) in [4.78, 5) is 0. The first-order valence-corrected chi connectivity index (χ1v) is 15.7. The molecule has 0 unspecified atom stereocenters. The highest BCUT2D eigenvalue weighted by Crippen LogP contribution is 2.62. The molecular weight excluding hydrogens is 710 g/mol. The van der Waals surface area contributed by atoms with E-state index in [9.17, 15) is 47.4 Å². The molecule has 262 valence electrons. The van der Waals surface area contributed by atoms with E-state index in [2.05, 4.69) is 10.6 Å². The highest BCUT2D eigenvalue weighted by molar-refractivity contribution is 6.09. The van der Waals surface area contributed by atoms with E-state index >= 15 is 0 Å². The number of fused-ring (bicyclic) bond motifs is 2. The number of benzene rings is 5. The van der Waals surface area contributed by atoms with E-state index in [1.165, 1.54) is 72.8 Å². The number of anilines is 2. The lowest BCUT2D eigenvalue weighted by Crippen LogP contribution is -2.07. The Morgan fingerprint density at radius 3 is 1.06 bits per heavy atom. The van der Waals surface area contributed by atoms with E-state index < -0.39 is 34.6 Å². The molecule has 0 radical (unpaired) electrons. The number of nitrogens with one attached hydrogen (secondary N) is 2. The maximum Gasteiger partial charge on any atom is 0.417 e. The van der Waals surface area contributed by atoms with Gasteiger partial charge < -0.3 is 20.1 Å². The molecule has 0 fully saturated rings. The SMILES string of the molecule is N#CC(C#N)=C1Nc2c(c(-c3ccccc3-c3ccccc3C(F)(F)F)c3c(c2-c2ccccc2-c2ccccc2C(F)(F)F)OC(=C(C#N)C#N)N3)O1. The summed E-state index contributed by atoms with van der Waals surface area (Å²) in [5.74, 6) is -1.03. The third-order valence-corrected chi connectivity index (χ3v) is 8.63. The second-order valence-electron chi connectivity index (χ2n) is 11.6. The van der Waals surface area contributed by atoms with Crippen molar-refractivity contribution in [3.05, 3.63) is 131 Å². The van der Waals surface area contributed by atoms with Crippen LogP contribution in [0.5, 0.6) is 11.5 Å². The van der Waals surface area contributed by atoms with Gasteiger partial charge in [0.15, 0.2) is 22.6 Å². The topological polar surface area (TPSA) is 138 Å². The van der Waals surface area contributed by atoms with Gasteiger partial charge in [0.1, 0.15) is 24.3 Å². The molecule has 14 heteroatoms. The van der Waals surface area contributed by atoms with Crippen LogP contribution in [0.4, 0.5) is 37.7 Å². The molecule has 0 saturated carbocycles. The summed E-state index contributed by atoms with van der Waals surface area (Å²) < 4.78 is 98.7. The number of allylic oxidation sites excluding steroid dienone is 2. The first kappa shape index (κ1) is 34.8. The summed E-state index contributed by atoms with van der Waals surface area (Å²) in [6.45, 7) is 0. The molecule has 0 aromatic heterocycles. The van der Waals surface area contributed by atoms with Crippen LogP contribution in [0.1, 0.15) is 11.1 Å². The number of hydrogen-bond acceptors (Lipinski definition) is 8. The monoisotopic (exact) mass is 728 g/mol. The summed E-state index contributed by atoms with van der Waals surface area (Å²) in [6, 6.07) is 28.6. The number of nitrogens with zero attached hydrogens (tertiary/aromatic N) is 4. The van der Waals surface area contributed by atoms with Crippen molar-refractivity contribution in [2.24, 2.45) is 0 Å². The van der Waals surface area contributed by atoms with Crippen LogP contribution in [-0.2, 0) is 12.4 Å². The van der Waals surface area contributed by atoms with Gasteiger partial charge in [-0.15, -0.1) is 0 Å². The maximum absolute atomic E-state index is 14.4. The van der Waals surface area contributed by atoms with Crippen LogP contribution < -0.4 is 20.1 Å². The lowest BCUT2D eigenvalue weighted by molar-refractivity contribution is -0.137. The van der Waals surface area contributed by atoms with Crippen molar-refractivity contribution in [3.8, 4) is 80.3 Å². The molecule has 0 amide bonds. The number of halogens is 6. The van der Waals surface area contributed by atoms with E-state index in [1.54, 1.807) is 36.4 Å². The van der Waals surface area contributed by atoms with Crippen molar-refractivity contribution in [2.45, 2.75) is 12.4 Å². The molecule has 2 N–H and O–H groups in total. The minimum atomic E-state index is -4.78. The van der Waals surface area contributed by atoms with Crippen LogP contribution in [0.2, 0.25) is 0 Å². The Morgan fingerprint density at radius 2 is 0.741 bits per heavy atom. The fourth-order valence-corrected chi connectivity index (χ4v) is 6.43. The first-order valence-electron chi connectivity index (χ1n) is 15.7. The largest absolute Gasteiger partial charge is 0.436 e. The van der Waals surface area contributed by atoms with Gasteiger partial charge in [0.25, 0.3) is 0 Å². The predicted octanol–water partition coefficient (Wildman–Crippen LogP) is 10.5. The van der Waals surface area contributed by atoms with Crippen molar-refractivity contribution in [1.29, 1.82) is 21.0 Å². The van der Waals surface area contributed by atoms with Gasteiger partial charge in [-0.05, 0) is 45.5 Å². The lowest BCUT2D eigenvalue weighted by Gasteiger charge is -2.21. The van der Waals surface area contributed by atoms with Crippen molar-refractivity contribution >= 4 is 11.4 Å². The highest BCUT2D eigenvalue weighted by atomic mass is 19.4. The lowest BCUT2D eigenvalue weighted by atomic mass is 9.86. The third-order valence-electron chi connectivity index (χ3n) is 8.63. The van der Waals surface area contributed by atoms with Gasteiger partial charge >= 0.3 is 12.4 Å². The van der Waals surface area contributed by atoms with Gasteiger partial charge in [0.2, 0.25) is 11.8 Å². The molecule has 0 aliphatic carbocycles. The summed E-state index contributed by atoms with van der Waals surface area (Å²) in [5.41, 5.74) is -3.08. The average Bonchev–Trinajstić information content (AvgIpc) is 3.79. The van der Waals surface area contributed by atoms with E-state index in [4.69, 9.17) is 9.47 Å². The van der Waals surface area contributed by atoms with Crippen LogP contribution in [0.15, 0.2) is 120 Å². The van der Waals surface area contributed by atoms with Crippen molar-refractivity contribution < 1.29 is 35.8 Å². The molecule has 0 bridgehead atoms. The highest BCUT2D eigenvalue weighted by Gasteiger charge is 2.41. The van der Waals surface area contributed by atoms with Crippen molar-refractivity contribution in [3.63, 3.8) is 0 Å². The molecule has 0 spiro atoms. The summed E-state index contributed by atoms with van der Waals surface area (Å²) in [7, 11) is 0. The molecular formula is C40H18F6N6O2. The van der Waals surface area contributed by atoms with Crippen LogP contribution in [0, 0.1) is 45.3 Å². The Morgan fingerprint density at radius 1 is 0.444 bits per heavy atom. The van der Waals surface area contributed by atoms with Crippen molar-refractivity contribution in [1.82, 2.24) is 0 Å². The fraction of sp³-hybridized carbons (Fsp3) is 0.0500. The molecule has 2 heterocycles. The zero-order valence-electron chi connectivity index (χ0n) is 27.1. The van der Waals surface area contributed by atoms with Gasteiger partial charge in [-0.3, -0.25) is 0 Å². The first-order chi connectivity index (χ1) is 25.9. The van der Waals surface area contributed by atoms with Crippen LogP contribution in [0.25, 0.3) is 44.5 Å². The number of nitriles is 4. The second kappa shape index (κ2) is 13.1. The molecule has 2 aliphatic rings. The van der Waals surface area contributed by atoms with Crippen LogP contribution >= 0.6 is 0 Å². The maximum atomic E-state index is 14.4. The van der Waals surface area contributed by atoms with E-state index in [1.807, 2.05) is 0 Å². The number of ether oxygens (including phenoxy) is 2. The van der Waals surface area contributed by atoms with Crippen LogP contribution in [-0.4, -0.2) is 0 Å². The molecule has 7 rings (SSSR count). The second-order valence-corrected chi connectivity index (χ2v) is 11.6. The van der Waals surface area contributed by atoms with E-state index in [-0.39, 0.29) is 79.1 Å². The van der Waals surface area contributed by atoms with Gasteiger partial charge in [0, 0.05) is 0 Å². The Labute approximate surface area is 302 Å². The smallest absolute Gasteiger partial charge is 0.417 e. The van der Waals surface area contributed by atoms with E-state index in [0.29, 0.717) is 0 Å². The number of rotatable bonds is 4. The zero-order valence-corrected chi connectivity index (χ0v) is 27.1. The Hall–Kier alpha value is -7.68. The predicted molar refractivity (Wildman–Crippen MR) is 183 cm³/mol. The summed E-state index contributed by atoms with van der Waals surface area (Å²) in [5, 5.41) is 44.9. The van der Waals surface area contributed by atoms with Gasteiger partial charge in [-0.1, -0.05) is 84.9 Å². The molecule has 5 aromatic carbocycles. The molecule has 5 aromatic rings. The third kappa shape index (κ3) is 5.75. The molecule has 54 heavy (non-hydrogen) atoms. The number of hydrogen-bond donors (Lipinski definition) is 2. The van der Waals surface area contributed by atoms with Crippen molar-refractivity contribution in [2.75, 3.05) is 10.6 Å². The standard InChI is InChI=1S/C40H18F6N6O2/c41-39(42,43)29-15-7-5-11-25(29)23-9-1-3-13-27(23)31-33-36(54-37(51-33)21(17-47)18-48)32(34-35(31)53-38(52-34)22(19-49)20-50)28-14-4-2-10-24(28)26-12-6-8-16-30(26)40(44,45)46/h1-16,51-52H. The van der Waals surface area contributed by atoms with E-state index in [0.717, 1.165) is 12.1 Å². The Kier molecular flexibility index (Phi) is 8.45. The number of alkyl halides is 6. The van der Waals surface area contributed by atoms with Crippen LogP contribution in [0.3, 0.4) is 0 Å². The average molecular weight is 729 g/mol. The molecule has 2 aliphatic heterocycles. The Bertz CT molecular complexity index is 2400. The quantitative estimate of drug-likeness (QED) is 0.138. The molecule has 0 saturated heterocycles. The molecule has 8 nitrogen and oxygen atoms in total. The normalized spacial score (nSPS) is 12.7. The summed E-state index contributed by atoms with van der Waals surface area (Å²) in [6.07, 6.45) is -9.55. The zero-order chi connectivity index (χ0) is 38.4. The van der Waals surface area contributed by atoms with Gasteiger partial charge in [-0.2, -0.15) is 47.4 Å². The fourth-order valence-electron chi connectivity index (χ4n) is 6.43. The Balaban J connectivity index is 1.64. The van der Waals surface area contributed by atoms with Gasteiger partial charge in [0.05, 0.1) is 33.6 Å². The van der Waals surface area contributed by atoms with Gasteiger partial charge in [-0.25, -0.2) is 0 Å². The minimum absolute atomic E-state index is 0.0208. The molecule has 0 atom stereocenters. The minimum Gasteiger partial charge on any atom is -0.436 e.